The molecule has 12 heteroatoms. The summed E-state index contributed by atoms with van der Waals surface area (Å²) in [5, 5.41) is 14.0. The highest BCUT2D eigenvalue weighted by molar-refractivity contribution is 7.91. The number of aromatic nitrogens is 4. The van der Waals surface area contributed by atoms with Gasteiger partial charge < -0.3 is 4.52 Å². The Hall–Kier alpha value is -3.48. The topological polar surface area (TPSA) is 140 Å². The Balaban J connectivity index is 1.39. The molecule has 0 aliphatic carbocycles. The van der Waals surface area contributed by atoms with E-state index in [1.165, 1.54) is 5.56 Å². The van der Waals surface area contributed by atoms with Gasteiger partial charge in [-0.25, -0.2) is 8.42 Å². The third kappa shape index (κ3) is 5.78. The van der Waals surface area contributed by atoms with Crippen LogP contribution in [0.4, 0.5) is 5.13 Å². The van der Waals surface area contributed by atoms with E-state index in [-0.39, 0.29) is 27.3 Å². The van der Waals surface area contributed by atoms with Gasteiger partial charge in [0.15, 0.2) is 0 Å². The molecule has 4 rings (SSSR count). The lowest BCUT2D eigenvalue weighted by Gasteiger charge is -2.18. The van der Waals surface area contributed by atoms with E-state index in [1.807, 2.05) is 30.3 Å². The van der Waals surface area contributed by atoms with E-state index in [1.54, 1.807) is 25.1 Å². The van der Waals surface area contributed by atoms with Crippen LogP contribution in [0.2, 0.25) is 0 Å². The lowest BCUT2D eigenvalue weighted by Crippen LogP contribution is -2.23. The van der Waals surface area contributed by atoms with Gasteiger partial charge in [0, 0.05) is 11.1 Å². The summed E-state index contributed by atoms with van der Waals surface area (Å²) in [6.45, 7) is 7.96. The summed E-state index contributed by atoms with van der Waals surface area (Å²) in [7, 11) is -4.01. The van der Waals surface area contributed by atoms with Crippen molar-refractivity contribution in [2.75, 3.05) is 5.32 Å². The molecular formula is C23H24N6O4S2. The summed E-state index contributed by atoms with van der Waals surface area (Å²) in [6.07, 6.45) is 0. The number of nitrogens with zero attached hydrogens (tertiary/aromatic N) is 4. The molecule has 35 heavy (non-hydrogen) atoms. The minimum Gasteiger partial charge on any atom is -0.338 e. The predicted molar refractivity (Wildman–Crippen MR) is 132 cm³/mol. The van der Waals surface area contributed by atoms with Crippen molar-refractivity contribution in [3.63, 3.8) is 0 Å². The number of carbonyl (C=O) groups is 1. The van der Waals surface area contributed by atoms with Gasteiger partial charge in [-0.3, -0.25) is 10.1 Å². The monoisotopic (exact) mass is 512 g/mol. The number of sulfonamides is 1. The molecule has 2 aromatic heterocycles. The van der Waals surface area contributed by atoms with Crippen LogP contribution in [0.25, 0.3) is 11.4 Å². The minimum absolute atomic E-state index is 0.0209. The molecule has 0 spiro atoms. The zero-order valence-electron chi connectivity index (χ0n) is 19.6. The molecule has 1 amide bonds. The molecule has 182 valence electrons. The van der Waals surface area contributed by atoms with E-state index in [0.717, 1.165) is 22.5 Å². The van der Waals surface area contributed by atoms with Crippen LogP contribution in [0.1, 0.15) is 48.1 Å². The van der Waals surface area contributed by atoms with Gasteiger partial charge in [0.25, 0.3) is 15.9 Å². The van der Waals surface area contributed by atoms with Crippen molar-refractivity contribution in [2.24, 2.45) is 0 Å². The quantitative estimate of drug-likeness (QED) is 0.355. The van der Waals surface area contributed by atoms with Crippen LogP contribution in [0.5, 0.6) is 0 Å². The maximum Gasteiger partial charge on any atom is 0.270 e. The van der Waals surface area contributed by atoms with Gasteiger partial charge in [0.2, 0.25) is 21.2 Å². The Kier molecular flexibility index (Phi) is 6.79. The SMILES string of the molecule is Cc1ccccc1C(=O)Nc1nnc(S(=O)(=O)NCc2nc(-c3ccc(C(C)(C)C)cc3)no2)s1. The second-order valence-electron chi connectivity index (χ2n) is 8.81. The molecule has 0 aliphatic rings. The summed E-state index contributed by atoms with van der Waals surface area (Å²) in [5.74, 6) is 0.0583. The van der Waals surface area contributed by atoms with Gasteiger partial charge in [-0.05, 0) is 29.5 Å². The van der Waals surface area contributed by atoms with Crippen molar-refractivity contribution in [2.45, 2.75) is 44.0 Å². The number of nitrogens with one attached hydrogen (secondary N) is 2. The average Bonchev–Trinajstić information content (AvgIpc) is 3.48. The first kappa shape index (κ1) is 24.6. The predicted octanol–water partition coefficient (Wildman–Crippen LogP) is 3.92. The molecule has 0 fully saturated rings. The summed E-state index contributed by atoms with van der Waals surface area (Å²) in [5.41, 5.74) is 3.20. The van der Waals surface area contributed by atoms with Gasteiger partial charge in [-0.2, -0.15) is 9.71 Å². The zero-order chi connectivity index (χ0) is 25.2. The minimum atomic E-state index is -4.01. The summed E-state index contributed by atoms with van der Waals surface area (Å²) in [6, 6.07) is 14.8. The number of benzene rings is 2. The number of amides is 1. The Morgan fingerprint density at radius 3 is 2.46 bits per heavy atom. The summed E-state index contributed by atoms with van der Waals surface area (Å²) < 4.78 is 32.5. The third-order valence-corrected chi connectivity index (χ3v) is 7.74. The Morgan fingerprint density at radius 1 is 1.06 bits per heavy atom. The molecule has 10 nitrogen and oxygen atoms in total. The maximum atomic E-state index is 12.6. The van der Waals surface area contributed by atoms with Crippen molar-refractivity contribution in [1.29, 1.82) is 0 Å². The lowest BCUT2D eigenvalue weighted by molar-refractivity contribution is 0.102. The lowest BCUT2D eigenvalue weighted by atomic mass is 9.87. The van der Waals surface area contributed by atoms with Crippen molar-refractivity contribution >= 4 is 32.4 Å². The fraction of sp³-hybridized carbons (Fsp3) is 0.261. The van der Waals surface area contributed by atoms with Crippen molar-refractivity contribution in [3.05, 3.63) is 71.1 Å². The van der Waals surface area contributed by atoms with E-state index in [9.17, 15) is 13.2 Å². The Morgan fingerprint density at radius 2 is 1.77 bits per heavy atom. The van der Waals surface area contributed by atoms with E-state index >= 15 is 0 Å². The van der Waals surface area contributed by atoms with E-state index < -0.39 is 15.9 Å². The Bertz CT molecular complexity index is 1450. The molecule has 0 aliphatic heterocycles. The molecule has 0 atom stereocenters. The first-order valence-electron chi connectivity index (χ1n) is 10.7. The molecule has 4 aromatic rings. The van der Waals surface area contributed by atoms with Crippen molar-refractivity contribution in [1.82, 2.24) is 25.1 Å². The molecule has 0 unspecified atom stereocenters. The van der Waals surface area contributed by atoms with Crippen LogP contribution in [0.3, 0.4) is 0 Å². The average molecular weight is 513 g/mol. The standard InChI is InChI=1S/C23H24N6O4S2/c1-14-7-5-6-8-17(14)20(30)26-21-27-28-22(34-21)35(31,32)24-13-18-25-19(29-33-18)15-9-11-16(12-10-15)23(2,3)4/h5-12,24H,13H2,1-4H3,(H,26,27,30). The van der Waals surface area contributed by atoms with Crippen molar-refractivity contribution in [3.8, 4) is 11.4 Å². The zero-order valence-corrected chi connectivity index (χ0v) is 21.2. The summed E-state index contributed by atoms with van der Waals surface area (Å²) >= 11 is 0.738. The fourth-order valence-electron chi connectivity index (χ4n) is 3.14. The van der Waals surface area contributed by atoms with Gasteiger partial charge in [-0.1, -0.05) is 79.7 Å². The van der Waals surface area contributed by atoms with E-state index in [0.29, 0.717) is 11.4 Å². The number of aryl methyl sites for hydroxylation is 1. The number of anilines is 1. The second-order valence-corrected chi connectivity index (χ2v) is 11.7. The van der Waals surface area contributed by atoms with Crippen molar-refractivity contribution < 1.29 is 17.7 Å². The first-order valence-corrected chi connectivity index (χ1v) is 13.0. The van der Waals surface area contributed by atoms with E-state index in [2.05, 4.69) is 51.1 Å². The first-order chi connectivity index (χ1) is 16.5. The highest BCUT2D eigenvalue weighted by Gasteiger charge is 2.23. The van der Waals surface area contributed by atoms with Gasteiger partial charge in [0.05, 0.1) is 6.54 Å². The normalized spacial score (nSPS) is 12.0. The van der Waals surface area contributed by atoms with Gasteiger partial charge in [-0.15, -0.1) is 10.2 Å². The summed E-state index contributed by atoms with van der Waals surface area (Å²) in [4.78, 5) is 16.7. The smallest absolute Gasteiger partial charge is 0.270 e. The molecule has 0 radical (unpaired) electrons. The van der Waals surface area contributed by atoms with Crippen LogP contribution >= 0.6 is 11.3 Å². The molecule has 2 heterocycles. The van der Waals surface area contributed by atoms with Gasteiger partial charge >= 0.3 is 0 Å². The number of carbonyl (C=O) groups excluding carboxylic acids is 1. The number of hydrogen-bond donors (Lipinski definition) is 2. The van der Waals surface area contributed by atoms with Crippen LogP contribution in [0.15, 0.2) is 57.4 Å². The van der Waals surface area contributed by atoms with Crippen LogP contribution in [0, 0.1) is 6.92 Å². The molecule has 0 saturated carbocycles. The van der Waals surface area contributed by atoms with Crippen LogP contribution in [-0.2, 0) is 22.0 Å². The largest absolute Gasteiger partial charge is 0.338 e. The third-order valence-electron chi connectivity index (χ3n) is 5.14. The molecule has 0 saturated heterocycles. The molecular weight excluding hydrogens is 488 g/mol. The van der Waals surface area contributed by atoms with E-state index in [4.69, 9.17) is 4.52 Å². The van der Waals surface area contributed by atoms with Crippen LogP contribution in [-0.4, -0.2) is 34.7 Å². The number of hydrogen-bond acceptors (Lipinski definition) is 9. The highest BCUT2D eigenvalue weighted by atomic mass is 32.2. The fourth-order valence-corrected chi connectivity index (χ4v) is 5.05. The number of rotatable bonds is 7. The molecule has 0 bridgehead atoms. The molecule has 2 N–H and O–H groups in total. The Labute approximate surface area is 206 Å². The maximum absolute atomic E-state index is 12.6. The highest BCUT2D eigenvalue weighted by Crippen LogP contribution is 2.25. The molecule has 2 aromatic carbocycles. The second kappa shape index (κ2) is 9.64. The van der Waals surface area contributed by atoms with Gasteiger partial charge in [0.1, 0.15) is 0 Å². The van der Waals surface area contributed by atoms with Crippen LogP contribution < -0.4 is 10.0 Å².